The van der Waals surface area contributed by atoms with Crippen molar-refractivity contribution in [2.45, 2.75) is 38.8 Å². The van der Waals surface area contributed by atoms with E-state index in [1.165, 1.54) is 21.8 Å². The third-order valence-electron chi connectivity index (χ3n) is 7.14. The molecule has 5 rings (SSSR count). The molecule has 1 atom stereocenters. The lowest BCUT2D eigenvalue weighted by molar-refractivity contribution is -0.435. The summed E-state index contributed by atoms with van der Waals surface area (Å²) in [6, 6.07) is 19.7. The molecule has 0 amide bonds. The molecular weight excluding hydrogens is 426 g/mol. The van der Waals surface area contributed by atoms with E-state index < -0.39 is 0 Å². The van der Waals surface area contributed by atoms with Gasteiger partial charge in [-0.15, -0.1) is 0 Å². The number of anilines is 1. The first kappa shape index (κ1) is 21.8. The second-order valence-electron chi connectivity index (χ2n) is 9.36. The third kappa shape index (κ3) is 3.19. The lowest BCUT2D eigenvalue weighted by Gasteiger charge is -2.28. The van der Waals surface area contributed by atoms with E-state index in [1.54, 1.807) is 16.8 Å². The van der Waals surface area contributed by atoms with Crippen LogP contribution < -0.4 is 4.90 Å². The smallest absolute Gasteiger partial charge is 0.269 e. The lowest BCUT2D eigenvalue weighted by Crippen LogP contribution is -2.40. The maximum Gasteiger partial charge on any atom is 0.269 e. The summed E-state index contributed by atoms with van der Waals surface area (Å²) in [7, 11) is 2.00. The van der Waals surface area contributed by atoms with Crippen LogP contribution in [0.1, 0.15) is 26.3 Å². The standard InChI is InChI=1S/C27H28N5O2/c1-6-31-23-10-8-7-9-20(23)21-15-18(11-13-24(21)31)30(5)28-17-26-27(2,3)22-16-19(32(33)34)12-14-25(22)29(26)4/h7-17,26H,5-6H2,1-4H3/q+1. The van der Waals surface area contributed by atoms with E-state index in [-0.39, 0.29) is 22.1 Å². The molecular formula is C27H28N5O2+. The number of fused-ring (bicyclic) bond motifs is 4. The minimum atomic E-state index is -0.348. The number of para-hydroxylation sites is 1. The summed E-state index contributed by atoms with van der Waals surface area (Å²) in [5, 5.41) is 18.4. The topological polar surface area (TPSA) is 66.7 Å². The van der Waals surface area contributed by atoms with Gasteiger partial charge in [0.05, 0.1) is 17.2 Å². The highest BCUT2D eigenvalue weighted by Gasteiger charge is 2.43. The molecule has 1 unspecified atom stereocenters. The SMILES string of the molecule is C=[N+](N=CC1N(C)c2ccc([N+](=O)[O-])cc2C1(C)C)c1ccc2c(c1)c1ccccc1n2CC. The maximum absolute atomic E-state index is 11.3. The number of hydrogen-bond donors (Lipinski definition) is 0. The number of rotatable bonds is 5. The van der Waals surface area contributed by atoms with Crippen LogP contribution in [0.5, 0.6) is 0 Å². The maximum atomic E-state index is 11.3. The zero-order valence-corrected chi connectivity index (χ0v) is 19.9. The van der Waals surface area contributed by atoms with E-state index in [0.29, 0.717) is 0 Å². The van der Waals surface area contributed by atoms with Gasteiger partial charge in [0.15, 0.2) is 6.72 Å². The number of hydrogen-bond acceptors (Lipinski definition) is 4. The predicted molar refractivity (Wildman–Crippen MR) is 139 cm³/mol. The van der Waals surface area contributed by atoms with Crippen LogP contribution in [-0.4, -0.2) is 40.2 Å². The second-order valence-corrected chi connectivity index (χ2v) is 9.36. The minimum absolute atomic E-state index is 0.0699. The summed E-state index contributed by atoms with van der Waals surface area (Å²) in [6.45, 7) is 11.4. The number of nitro groups is 1. The first-order valence-corrected chi connectivity index (χ1v) is 11.4. The number of nitro benzene ring substituents is 1. The Balaban J connectivity index is 1.48. The van der Waals surface area contributed by atoms with Gasteiger partial charge in [-0.1, -0.05) is 36.7 Å². The summed E-state index contributed by atoms with van der Waals surface area (Å²) in [6.07, 6.45) is 1.89. The van der Waals surface area contributed by atoms with Crippen LogP contribution in [0.15, 0.2) is 65.8 Å². The van der Waals surface area contributed by atoms with Crippen molar-refractivity contribution in [3.8, 4) is 0 Å². The van der Waals surface area contributed by atoms with Gasteiger partial charge in [-0.3, -0.25) is 10.1 Å². The van der Waals surface area contributed by atoms with Crippen LogP contribution in [0.25, 0.3) is 21.8 Å². The van der Waals surface area contributed by atoms with Crippen molar-refractivity contribution in [3.63, 3.8) is 0 Å². The van der Waals surface area contributed by atoms with Gasteiger partial charge in [-0.2, -0.15) is 0 Å². The largest absolute Gasteiger partial charge is 0.365 e. The van der Waals surface area contributed by atoms with Crippen molar-refractivity contribution in [1.29, 1.82) is 0 Å². The zero-order chi connectivity index (χ0) is 24.2. The molecule has 0 aliphatic carbocycles. The number of benzene rings is 3. The molecule has 172 valence electrons. The van der Waals surface area contributed by atoms with E-state index >= 15 is 0 Å². The summed E-state index contributed by atoms with van der Waals surface area (Å²) >= 11 is 0. The Kier molecular flexibility index (Phi) is 5.01. The normalized spacial score (nSPS) is 17.1. The van der Waals surface area contributed by atoms with Crippen molar-refractivity contribution in [3.05, 3.63) is 76.3 Å². The van der Waals surface area contributed by atoms with Gasteiger partial charge < -0.3 is 9.47 Å². The van der Waals surface area contributed by atoms with Gasteiger partial charge in [-0.05, 0) is 35.8 Å². The average Bonchev–Trinajstić information content (AvgIpc) is 3.25. The Hall–Kier alpha value is -4.00. The van der Waals surface area contributed by atoms with Crippen molar-refractivity contribution < 1.29 is 9.61 Å². The molecule has 7 nitrogen and oxygen atoms in total. The molecule has 34 heavy (non-hydrogen) atoms. The number of aryl methyl sites for hydroxylation is 1. The monoisotopic (exact) mass is 454 g/mol. The summed E-state index contributed by atoms with van der Waals surface area (Å²) < 4.78 is 3.96. The van der Waals surface area contributed by atoms with Crippen molar-refractivity contribution in [1.82, 2.24) is 4.57 Å². The van der Waals surface area contributed by atoms with Gasteiger partial charge in [0.1, 0.15) is 0 Å². The fourth-order valence-corrected chi connectivity index (χ4v) is 5.29. The number of non-ortho nitro benzene ring substituents is 1. The Morgan fingerprint density at radius 2 is 1.76 bits per heavy atom. The molecule has 1 aliphatic rings. The Bertz CT molecular complexity index is 1500. The highest BCUT2D eigenvalue weighted by molar-refractivity contribution is 6.08. The quantitative estimate of drug-likeness (QED) is 0.164. The van der Waals surface area contributed by atoms with Crippen LogP contribution in [0.4, 0.5) is 17.1 Å². The summed E-state index contributed by atoms with van der Waals surface area (Å²) in [5.74, 6) is 0. The van der Waals surface area contributed by atoms with Crippen molar-refractivity contribution in [2.75, 3.05) is 11.9 Å². The van der Waals surface area contributed by atoms with Crippen LogP contribution in [-0.2, 0) is 12.0 Å². The van der Waals surface area contributed by atoms with Crippen LogP contribution in [0, 0.1) is 10.1 Å². The van der Waals surface area contributed by atoms with E-state index in [2.05, 4.69) is 73.4 Å². The fourth-order valence-electron chi connectivity index (χ4n) is 5.29. The molecule has 0 bridgehead atoms. The van der Waals surface area contributed by atoms with Gasteiger partial charge in [-0.25, -0.2) is 0 Å². The molecule has 2 heterocycles. The molecule has 0 fully saturated rings. The Morgan fingerprint density at radius 3 is 2.50 bits per heavy atom. The predicted octanol–water partition coefficient (Wildman–Crippen LogP) is 5.85. The molecule has 3 aromatic carbocycles. The van der Waals surface area contributed by atoms with Crippen LogP contribution >= 0.6 is 0 Å². The Labute approximate surface area is 198 Å². The van der Waals surface area contributed by atoms with E-state index in [4.69, 9.17) is 5.10 Å². The van der Waals surface area contributed by atoms with Crippen LogP contribution in [0.2, 0.25) is 0 Å². The summed E-state index contributed by atoms with van der Waals surface area (Å²) in [5.41, 5.74) is 5.00. The molecule has 0 N–H and O–H groups in total. The molecule has 0 radical (unpaired) electrons. The molecule has 0 saturated carbocycles. The average molecular weight is 455 g/mol. The van der Waals surface area contributed by atoms with Gasteiger partial charge >= 0.3 is 0 Å². The first-order chi connectivity index (χ1) is 16.2. The van der Waals surface area contributed by atoms with Crippen LogP contribution in [0.3, 0.4) is 0 Å². The number of aromatic nitrogens is 1. The molecule has 1 aromatic heterocycles. The van der Waals surface area contributed by atoms with Crippen molar-refractivity contribution in [2.24, 2.45) is 5.10 Å². The molecule has 0 saturated heterocycles. The fraction of sp³-hybridized carbons (Fsp3) is 0.259. The second kappa shape index (κ2) is 7.80. The zero-order valence-electron chi connectivity index (χ0n) is 19.9. The number of likely N-dealkylation sites (N-methyl/N-ethyl adjacent to an activating group) is 1. The molecule has 0 spiro atoms. The first-order valence-electron chi connectivity index (χ1n) is 11.4. The lowest BCUT2D eigenvalue weighted by atomic mass is 9.81. The number of hydrazone groups is 1. The van der Waals surface area contributed by atoms with Gasteiger partial charge in [0, 0.05) is 70.8 Å². The highest BCUT2D eigenvalue weighted by atomic mass is 16.6. The van der Waals surface area contributed by atoms with Crippen molar-refractivity contribution >= 4 is 51.8 Å². The summed E-state index contributed by atoms with van der Waals surface area (Å²) in [4.78, 5) is 13.1. The molecule has 4 aromatic rings. The molecule has 7 heteroatoms. The molecule has 1 aliphatic heterocycles. The van der Waals surface area contributed by atoms with E-state index in [9.17, 15) is 10.1 Å². The minimum Gasteiger partial charge on any atom is -0.365 e. The highest BCUT2D eigenvalue weighted by Crippen LogP contribution is 2.45. The van der Waals surface area contributed by atoms with Gasteiger partial charge in [0.2, 0.25) is 5.69 Å². The van der Waals surface area contributed by atoms with E-state index in [1.807, 2.05) is 25.4 Å². The third-order valence-corrected chi connectivity index (χ3v) is 7.14. The number of nitrogens with zero attached hydrogens (tertiary/aromatic N) is 5. The Morgan fingerprint density at radius 1 is 1.06 bits per heavy atom. The van der Waals surface area contributed by atoms with Gasteiger partial charge in [0.25, 0.3) is 5.69 Å². The van der Waals surface area contributed by atoms with E-state index in [0.717, 1.165) is 23.5 Å².